The maximum atomic E-state index is 12.6. The number of carbonyl (C=O) groups excluding carboxylic acids is 1. The molecule has 0 bridgehead atoms. The van der Waals surface area contributed by atoms with Gasteiger partial charge in [-0.05, 0) is 43.2 Å². The van der Waals surface area contributed by atoms with Crippen molar-refractivity contribution in [3.63, 3.8) is 0 Å². The van der Waals surface area contributed by atoms with E-state index in [4.69, 9.17) is 9.47 Å². The maximum absolute atomic E-state index is 12.6. The lowest BCUT2D eigenvalue weighted by Crippen LogP contribution is -2.15. The van der Waals surface area contributed by atoms with Crippen LogP contribution in [0.4, 0.5) is 17.2 Å². The van der Waals surface area contributed by atoms with Gasteiger partial charge in [-0.15, -0.1) is 0 Å². The van der Waals surface area contributed by atoms with Crippen molar-refractivity contribution in [3.8, 4) is 11.5 Å². The number of hydrogen-bond acceptors (Lipinski definition) is 6. The third-order valence-electron chi connectivity index (χ3n) is 4.42. The summed E-state index contributed by atoms with van der Waals surface area (Å²) in [6, 6.07) is 12.7. The zero-order valence-electron chi connectivity index (χ0n) is 16.2. The number of aromatic nitrogens is 2. The van der Waals surface area contributed by atoms with Crippen molar-refractivity contribution in [2.45, 2.75) is 13.8 Å². The highest BCUT2D eigenvalue weighted by Gasteiger charge is 2.12. The first-order valence-electron chi connectivity index (χ1n) is 8.70. The van der Waals surface area contributed by atoms with Crippen LogP contribution < -0.4 is 20.1 Å². The van der Waals surface area contributed by atoms with E-state index in [1.807, 2.05) is 32.0 Å². The molecule has 0 radical (unpaired) electrons. The van der Waals surface area contributed by atoms with Crippen molar-refractivity contribution >= 4 is 23.1 Å². The number of ether oxygens (including phenoxy) is 2. The van der Waals surface area contributed by atoms with Crippen LogP contribution in [0.5, 0.6) is 11.5 Å². The zero-order valence-corrected chi connectivity index (χ0v) is 16.2. The number of methoxy groups -OCH3 is 2. The molecule has 2 aromatic carbocycles. The molecule has 7 heteroatoms. The first-order chi connectivity index (χ1) is 13.5. The van der Waals surface area contributed by atoms with Crippen LogP contribution in [0, 0.1) is 13.8 Å². The minimum absolute atomic E-state index is 0.250. The summed E-state index contributed by atoms with van der Waals surface area (Å²) in [5, 5.41) is 6.04. The first kappa shape index (κ1) is 19.2. The SMILES string of the molecule is COc1ccc(OC)c(Nc2cc(C(=O)Nc3cccc(C)c3C)ncn2)c1. The summed E-state index contributed by atoms with van der Waals surface area (Å²) in [5.41, 5.74) is 3.80. The van der Waals surface area contributed by atoms with Crippen LogP contribution in [0.3, 0.4) is 0 Å². The Bertz CT molecular complexity index is 1000. The van der Waals surface area contributed by atoms with E-state index in [1.165, 1.54) is 6.33 Å². The molecule has 3 aromatic rings. The van der Waals surface area contributed by atoms with E-state index in [-0.39, 0.29) is 11.6 Å². The van der Waals surface area contributed by atoms with E-state index >= 15 is 0 Å². The molecule has 0 spiro atoms. The second kappa shape index (κ2) is 8.39. The van der Waals surface area contributed by atoms with E-state index in [0.29, 0.717) is 23.0 Å². The Morgan fingerprint density at radius 3 is 2.54 bits per heavy atom. The van der Waals surface area contributed by atoms with E-state index in [1.54, 1.807) is 38.5 Å². The summed E-state index contributed by atoms with van der Waals surface area (Å²) in [5.74, 6) is 1.45. The number of aryl methyl sites for hydroxylation is 1. The average molecular weight is 378 g/mol. The lowest BCUT2D eigenvalue weighted by Gasteiger charge is -2.13. The standard InChI is InChI=1S/C21H22N4O3/c1-13-6-5-7-16(14(13)2)25-21(26)18-11-20(23-12-22-18)24-17-10-15(27-3)8-9-19(17)28-4/h5-12H,1-4H3,(H,25,26)(H,22,23,24). The predicted octanol–water partition coefficient (Wildman–Crippen LogP) is 4.11. The summed E-state index contributed by atoms with van der Waals surface area (Å²) in [7, 11) is 3.17. The van der Waals surface area contributed by atoms with E-state index in [2.05, 4.69) is 20.6 Å². The van der Waals surface area contributed by atoms with Gasteiger partial charge in [0.2, 0.25) is 0 Å². The molecule has 0 aliphatic heterocycles. The number of carbonyl (C=O) groups is 1. The van der Waals surface area contributed by atoms with Crippen LogP contribution in [-0.4, -0.2) is 30.1 Å². The largest absolute Gasteiger partial charge is 0.497 e. The van der Waals surface area contributed by atoms with Crippen LogP contribution in [0.1, 0.15) is 21.6 Å². The molecule has 0 saturated heterocycles. The van der Waals surface area contributed by atoms with Crippen molar-refractivity contribution < 1.29 is 14.3 Å². The topological polar surface area (TPSA) is 85.4 Å². The van der Waals surface area contributed by atoms with Crippen molar-refractivity contribution in [1.82, 2.24) is 9.97 Å². The zero-order chi connectivity index (χ0) is 20.1. The third kappa shape index (κ3) is 4.20. The molecule has 1 aromatic heterocycles. The summed E-state index contributed by atoms with van der Waals surface area (Å²) >= 11 is 0. The monoisotopic (exact) mass is 378 g/mol. The van der Waals surface area contributed by atoms with Crippen molar-refractivity contribution in [2.24, 2.45) is 0 Å². The van der Waals surface area contributed by atoms with Gasteiger partial charge in [0.15, 0.2) is 0 Å². The Kier molecular flexibility index (Phi) is 5.74. The molecule has 0 aliphatic carbocycles. The normalized spacial score (nSPS) is 10.3. The average Bonchev–Trinajstić information content (AvgIpc) is 2.71. The van der Waals surface area contributed by atoms with Crippen molar-refractivity contribution in [2.75, 3.05) is 24.9 Å². The quantitative estimate of drug-likeness (QED) is 0.671. The molecule has 7 nitrogen and oxygen atoms in total. The summed E-state index contributed by atoms with van der Waals surface area (Å²) in [6.45, 7) is 3.96. The second-order valence-electron chi connectivity index (χ2n) is 6.18. The fourth-order valence-corrected chi connectivity index (χ4v) is 2.67. The number of nitrogens with zero attached hydrogens (tertiary/aromatic N) is 2. The van der Waals surface area contributed by atoms with Gasteiger partial charge in [0.1, 0.15) is 29.3 Å². The second-order valence-corrected chi connectivity index (χ2v) is 6.18. The van der Waals surface area contributed by atoms with Gasteiger partial charge < -0.3 is 20.1 Å². The maximum Gasteiger partial charge on any atom is 0.274 e. The molecule has 3 rings (SSSR count). The van der Waals surface area contributed by atoms with E-state index in [9.17, 15) is 4.79 Å². The molecule has 0 unspecified atom stereocenters. The molecular weight excluding hydrogens is 356 g/mol. The van der Waals surface area contributed by atoms with Gasteiger partial charge in [0.25, 0.3) is 5.91 Å². The van der Waals surface area contributed by atoms with Crippen LogP contribution in [0.2, 0.25) is 0 Å². The Hall–Kier alpha value is -3.61. The van der Waals surface area contributed by atoms with Gasteiger partial charge in [-0.2, -0.15) is 0 Å². The van der Waals surface area contributed by atoms with Gasteiger partial charge in [0.05, 0.1) is 19.9 Å². The lowest BCUT2D eigenvalue weighted by atomic mass is 10.1. The fourth-order valence-electron chi connectivity index (χ4n) is 2.67. The number of amides is 1. The molecule has 1 amide bonds. The molecule has 1 heterocycles. The minimum atomic E-state index is -0.309. The molecule has 0 fully saturated rings. The Morgan fingerprint density at radius 1 is 0.964 bits per heavy atom. The highest BCUT2D eigenvalue weighted by atomic mass is 16.5. The minimum Gasteiger partial charge on any atom is -0.497 e. The highest BCUT2D eigenvalue weighted by Crippen LogP contribution is 2.31. The molecular formula is C21H22N4O3. The van der Waals surface area contributed by atoms with Gasteiger partial charge in [-0.25, -0.2) is 9.97 Å². The van der Waals surface area contributed by atoms with Gasteiger partial charge in [0, 0.05) is 17.8 Å². The van der Waals surface area contributed by atoms with Crippen molar-refractivity contribution in [1.29, 1.82) is 0 Å². The predicted molar refractivity (Wildman–Crippen MR) is 109 cm³/mol. The van der Waals surface area contributed by atoms with Crippen LogP contribution in [0.25, 0.3) is 0 Å². The molecule has 28 heavy (non-hydrogen) atoms. The highest BCUT2D eigenvalue weighted by molar-refractivity contribution is 6.03. The molecule has 0 aliphatic rings. The summed E-state index contributed by atoms with van der Waals surface area (Å²) < 4.78 is 10.6. The number of rotatable bonds is 6. The number of nitrogens with one attached hydrogen (secondary N) is 2. The molecule has 0 atom stereocenters. The Morgan fingerprint density at radius 2 is 1.79 bits per heavy atom. The van der Waals surface area contributed by atoms with Crippen LogP contribution >= 0.6 is 0 Å². The van der Waals surface area contributed by atoms with Gasteiger partial charge in [-0.3, -0.25) is 4.79 Å². The number of anilines is 3. The first-order valence-corrected chi connectivity index (χ1v) is 8.70. The smallest absolute Gasteiger partial charge is 0.274 e. The fraction of sp³-hybridized carbons (Fsp3) is 0.190. The Balaban J connectivity index is 1.82. The molecule has 144 valence electrons. The van der Waals surface area contributed by atoms with Crippen LogP contribution in [-0.2, 0) is 0 Å². The van der Waals surface area contributed by atoms with Crippen molar-refractivity contribution in [3.05, 3.63) is 65.6 Å². The number of benzene rings is 2. The van der Waals surface area contributed by atoms with Crippen LogP contribution in [0.15, 0.2) is 48.8 Å². The Labute approximate surface area is 163 Å². The molecule has 2 N–H and O–H groups in total. The number of hydrogen-bond donors (Lipinski definition) is 2. The van der Waals surface area contributed by atoms with E-state index < -0.39 is 0 Å². The molecule has 0 saturated carbocycles. The van der Waals surface area contributed by atoms with Gasteiger partial charge >= 0.3 is 0 Å². The van der Waals surface area contributed by atoms with E-state index in [0.717, 1.165) is 16.8 Å². The lowest BCUT2D eigenvalue weighted by molar-refractivity contribution is 0.102. The summed E-state index contributed by atoms with van der Waals surface area (Å²) in [4.78, 5) is 20.9. The summed E-state index contributed by atoms with van der Waals surface area (Å²) in [6.07, 6.45) is 1.34. The van der Waals surface area contributed by atoms with Gasteiger partial charge in [-0.1, -0.05) is 12.1 Å². The third-order valence-corrected chi connectivity index (χ3v) is 4.42.